The van der Waals surface area contributed by atoms with Gasteiger partial charge in [0.05, 0.1) is 6.04 Å². The number of urea groups is 1. The predicted octanol–water partition coefficient (Wildman–Crippen LogP) is 4.42. The second kappa shape index (κ2) is 6.83. The molecule has 0 radical (unpaired) electrons. The molecule has 0 bridgehead atoms. The molecule has 1 aliphatic rings. The molecule has 2 N–H and O–H groups in total. The van der Waals surface area contributed by atoms with Crippen LogP contribution in [0.15, 0.2) is 42.5 Å². The van der Waals surface area contributed by atoms with Crippen molar-refractivity contribution in [3.63, 3.8) is 0 Å². The minimum absolute atomic E-state index is 0.144. The van der Waals surface area contributed by atoms with E-state index in [0.717, 1.165) is 17.0 Å². The highest BCUT2D eigenvalue weighted by atomic mass is 16.7. The maximum absolute atomic E-state index is 12.2. The van der Waals surface area contributed by atoms with E-state index < -0.39 is 0 Å². The van der Waals surface area contributed by atoms with Crippen LogP contribution in [0.2, 0.25) is 0 Å². The molecule has 126 valence electrons. The second-order valence-electron chi connectivity index (χ2n) is 6.21. The van der Waals surface area contributed by atoms with Crippen LogP contribution in [0.1, 0.15) is 43.9 Å². The molecular weight excluding hydrogens is 304 g/mol. The number of carbonyl (C=O) groups is 1. The molecule has 5 heteroatoms. The zero-order valence-electron chi connectivity index (χ0n) is 14.1. The van der Waals surface area contributed by atoms with Gasteiger partial charge in [0.1, 0.15) is 0 Å². The number of anilines is 1. The summed E-state index contributed by atoms with van der Waals surface area (Å²) in [6.45, 7) is 6.46. The molecule has 3 rings (SSSR count). The number of carbonyl (C=O) groups excluding carboxylic acids is 1. The first-order chi connectivity index (χ1) is 11.5. The van der Waals surface area contributed by atoms with Crippen molar-refractivity contribution in [3.05, 3.63) is 53.6 Å². The Morgan fingerprint density at radius 2 is 1.62 bits per heavy atom. The van der Waals surface area contributed by atoms with Crippen LogP contribution in [-0.4, -0.2) is 12.8 Å². The molecule has 1 aliphatic heterocycles. The van der Waals surface area contributed by atoms with Crippen molar-refractivity contribution in [2.24, 2.45) is 0 Å². The molecule has 5 nitrogen and oxygen atoms in total. The molecule has 0 aromatic heterocycles. The number of nitrogens with one attached hydrogen (secondary N) is 2. The molecule has 2 aromatic carbocycles. The normalized spacial score (nSPS) is 13.7. The lowest BCUT2D eigenvalue weighted by molar-refractivity contribution is 0.174. The van der Waals surface area contributed by atoms with Crippen LogP contribution in [0.4, 0.5) is 10.5 Å². The number of amides is 2. The minimum Gasteiger partial charge on any atom is -0.454 e. The van der Waals surface area contributed by atoms with Crippen LogP contribution >= 0.6 is 0 Å². The average Bonchev–Trinajstić information content (AvgIpc) is 3.02. The average molecular weight is 326 g/mol. The largest absolute Gasteiger partial charge is 0.454 e. The highest BCUT2D eigenvalue weighted by Crippen LogP contribution is 2.34. The molecule has 1 atom stereocenters. The lowest BCUT2D eigenvalue weighted by Crippen LogP contribution is -2.31. The van der Waals surface area contributed by atoms with Crippen LogP contribution in [0.25, 0.3) is 0 Å². The molecule has 0 aliphatic carbocycles. The standard InChI is InChI=1S/C19H22N2O3/c1-12(2)14-4-7-16(8-5-14)21-19(22)20-13(3)15-6-9-17-18(10-15)24-11-23-17/h4-10,12-13H,11H2,1-3H3,(H2,20,21,22)/t13-/m0/s1. The number of fused-ring (bicyclic) bond motifs is 1. The first-order valence-electron chi connectivity index (χ1n) is 8.10. The second-order valence-corrected chi connectivity index (χ2v) is 6.21. The molecule has 2 amide bonds. The van der Waals surface area contributed by atoms with Gasteiger partial charge in [0.25, 0.3) is 0 Å². The highest BCUT2D eigenvalue weighted by molar-refractivity contribution is 5.89. The molecule has 24 heavy (non-hydrogen) atoms. The molecular formula is C19H22N2O3. The van der Waals surface area contributed by atoms with Crippen molar-refractivity contribution < 1.29 is 14.3 Å². The van der Waals surface area contributed by atoms with Gasteiger partial charge >= 0.3 is 6.03 Å². The summed E-state index contributed by atoms with van der Waals surface area (Å²) in [5, 5.41) is 5.78. The van der Waals surface area contributed by atoms with E-state index in [1.807, 2.05) is 49.4 Å². The summed E-state index contributed by atoms with van der Waals surface area (Å²) in [6, 6.07) is 13.2. The van der Waals surface area contributed by atoms with Gasteiger partial charge in [-0.05, 0) is 48.2 Å². The maximum atomic E-state index is 12.2. The van der Waals surface area contributed by atoms with Gasteiger partial charge in [-0.3, -0.25) is 0 Å². The van der Waals surface area contributed by atoms with Gasteiger partial charge in [0.2, 0.25) is 6.79 Å². The maximum Gasteiger partial charge on any atom is 0.319 e. The molecule has 1 heterocycles. The first kappa shape index (κ1) is 16.2. The number of benzene rings is 2. The van der Waals surface area contributed by atoms with E-state index in [9.17, 15) is 4.79 Å². The van der Waals surface area contributed by atoms with Gasteiger partial charge in [0.15, 0.2) is 11.5 Å². The van der Waals surface area contributed by atoms with E-state index in [-0.39, 0.29) is 18.9 Å². The highest BCUT2D eigenvalue weighted by Gasteiger charge is 2.16. The Bertz CT molecular complexity index is 726. The molecule has 0 spiro atoms. The summed E-state index contributed by atoms with van der Waals surface area (Å²) in [5.74, 6) is 1.92. The lowest BCUT2D eigenvalue weighted by atomic mass is 10.0. The molecule has 0 fully saturated rings. The zero-order valence-corrected chi connectivity index (χ0v) is 14.1. The Morgan fingerprint density at radius 1 is 0.958 bits per heavy atom. The van der Waals surface area contributed by atoms with Gasteiger partial charge < -0.3 is 20.1 Å². The Balaban J connectivity index is 1.59. The van der Waals surface area contributed by atoms with Crippen molar-refractivity contribution in [3.8, 4) is 11.5 Å². The fourth-order valence-electron chi connectivity index (χ4n) is 2.58. The summed E-state index contributed by atoms with van der Waals surface area (Å²) < 4.78 is 10.7. The SMILES string of the molecule is CC(C)c1ccc(NC(=O)N[C@@H](C)c2ccc3c(c2)OCO3)cc1. The Kier molecular flexibility index (Phi) is 4.60. The molecule has 0 saturated carbocycles. The summed E-state index contributed by atoms with van der Waals surface area (Å²) in [7, 11) is 0. The molecule has 0 unspecified atom stereocenters. The van der Waals surface area contributed by atoms with E-state index in [1.165, 1.54) is 5.56 Å². The van der Waals surface area contributed by atoms with Crippen molar-refractivity contribution in [2.45, 2.75) is 32.7 Å². The van der Waals surface area contributed by atoms with Gasteiger partial charge in [-0.15, -0.1) is 0 Å². The third-order valence-corrected chi connectivity index (χ3v) is 4.08. The number of ether oxygens (including phenoxy) is 2. The van der Waals surface area contributed by atoms with E-state index in [1.54, 1.807) is 0 Å². The number of hydrogen-bond donors (Lipinski definition) is 2. The Morgan fingerprint density at radius 3 is 2.33 bits per heavy atom. The molecule has 2 aromatic rings. The fourth-order valence-corrected chi connectivity index (χ4v) is 2.58. The quantitative estimate of drug-likeness (QED) is 0.874. The third kappa shape index (κ3) is 3.62. The summed E-state index contributed by atoms with van der Waals surface area (Å²) >= 11 is 0. The lowest BCUT2D eigenvalue weighted by Gasteiger charge is -2.16. The van der Waals surface area contributed by atoms with Crippen molar-refractivity contribution in [1.82, 2.24) is 5.32 Å². The van der Waals surface area contributed by atoms with Crippen LogP contribution in [-0.2, 0) is 0 Å². The first-order valence-corrected chi connectivity index (χ1v) is 8.10. The summed E-state index contributed by atoms with van der Waals surface area (Å²) in [4.78, 5) is 12.2. The van der Waals surface area contributed by atoms with E-state index >= 15 is 0 Å². The van der Waals surface area contributed by atoms with Crippen LogP contribution in [0.5, 0.6) is 11.5 Å². The van der Waals surface area contributed by atoms with E-state index in [0.29, 0.717) is 11.7 Å². The topological polar surface area (TPSA) is 59.6 Å². The van der Waals surface area contributed by atoms with Crippen LogP contribution < -0.4 is 20.1 Å². The van der Waals surface area contributed by atoms with E-state index in [4.69, 9.17) is 9.47 Å². The third-order valence-electron chi connectivity index (χ3n) is 4.08. The van der Waals surface area contributed by atoms with Gasteiger partial charge in [-0.1, -0.05) is 32.0 Å². The fraction of sp³-hybridized carbons (Fsp3) is 0.316. The number of rotatable bonds is 4. The van der Waals surface area contributed by atoms with Gasteiger partial charge in [-0.2, -0.15) is 0 Å². The minimum atomic E-state index is -0.238. The van der Waals surface area contributed by atoms with Gasteiger partial charge in [-0.25, -0.2) is 4.79 Å². The van der Waals surface area contributed by atoms with Crippen molar-refractivity contribution >= 4 is 11.7 Å². The van der Waals surface area contributed by atoms with Gasteiger partial charge in [0, 0.05) is 5.69 Å². The van der Waals surface area contributed by atoms with Crippen molar-refractivity contribution in [1.29, 1.82) is 0 Å². The Labute approximate surface area is 142 Å². The molecule has 0 saturated heterocycles. The Hall–Kier alpha value is -2.69. The smallest absolute Gasteiger partial charge is 0.319 e. The monoisotopic (exact) mass is 326 g/mol. The van der Waals surface area contributed by atoms with E-state index in [2.05, 4.69) is 24.5 Å². The van der Waals surface area contributed by atoms with Crippen LogP contribution in [0, 0.1) is 0 Å². The van der Waals surface area contributed by atoms with Crippen LogP contribution in [0.3, 0.4) is 0 Å². The number of hydrogen-bond acceptors (Lipinski definition) is 3. The predicted molar refractivity (Wildman–Crippen MR) is 93.7 cm³/mol. The van der Waals surface area contributed by atoms with Crippen molar-refractivity contribution in [2.75, 3.05) is 12.1 Å². The summed E-state index contributed by atoms with van der Waals surface area (Å²) in [6.07, 6.45) is 0. The summed E-state index contributed by atoms with van der Waals surface area (Å²) in [5.41, 5.74) is 2.98. The zero-order chi connectivity index (χ0) is 17.1.